The molecule has 9 heteroatoms. The number of hydrogen-bond donors (Lipinski definition) is 0. The molecule has 0 fully saturated rings. The molecule has 0 saturated carbocycles. The fourth-order valence-electron chi connectivity index (χ4n) is 3.31. The average Bonchev–Trinajstić information content (AvgIpc) is 3.18. The molecule has 0 atom stereocenters. The zero-order chi connectivity index (χ0) is 22.6. The van der Waals surface area contributed by atoms with E-state index in [-0.39, 0.29) is 16.4 Å². The molecule has 0 bridgehead atoms. The second kappa shape index (κ2) is 9.76. The first-order chi connectivity index (χ1) is 14.8. The minimum atomic E-state index is -3.56. The highest BCUT2D eigenvalue weighted by Gasteiger charge is 2.26. The zero-order valence-electron chi connectivity index (χ0n) is 18.2. The van der Waals surface area contributed by atoms with Gasteiger partial charge in [-0.2, -0.15) is 0 Å². The maximum absolute atomic E-state index is 13.6. The van der Waals surface area contributed by atoms with Crippen LogP contribution in [-0.2, 0) is 9.84 Å². The van der Waals surface area contributed by atoms with Crippen LogP contribution in [0.2, 0.25) is 0 Å². The molecule has 0 N–H and O–H groups in total. The van der Waals surface area contributed by atoms with Gasteiger partial charge in [0, 0.05) is 19.3 Å². The van der Waals surface area contributed by atoms with E-state index >= 15 is 0 Å². The summed E-state index contributed by atoms with van der Waals surface area (Å²) in [6.07, 6.45) is 1.11. The second-order valence-electron chi connectivity index (χ2n) is 7.08. The van der Waals surface area contributed by atoms with Crippen LogP contribution in [0.15, 0.2) is 47.4 Å². The number of rotatable bonds is 9. The normalized spacial score (nSPS) is 11.8. The van der Waals surface area contributed by atoms with Crippen molar-refractivity contribution in [3.8, 4) is 5.75 Å². The number of nitrogens with zero attached hydrogens (tertiary/aromatic N) is 3. The number of aromatic nitrogens is 1. The molecule has 3 aromatic rings. The Labute approximate surface area is 187 Å². The van der Waals surface area contributed by atoms with Crippen molar-refractivity contribution in [1.29, 1.82) is 0 Å². The Morgan fingerprint density at radius 1 is 1.10 bits per heavy atom. The van der Waals surface area contributed by atoms with Gasteiger partial charge in [0.15, 0.2) is 15.0 Å². The van der Waals surface area contributed by atoms with Crippen molar-refractivity contribution < 1.29 is 17.9 Å². The molecule has 31 heavy (non-hydrogen) atoms. The number of carbonyl (C=O) groups excluding carboxylic acids is 1. The first-order valence-corrected chi connectivity index (χ1v) is 12.8. The Morgan fingerprint density at radius 2 is 1.81 bits per heavy atom. The largest absolute Gasteiger partial charge is 0.497 e. The molecule has 3 rings (SSSR count). The van der Waals surface area contributed by atoms with Gasteiger partial charge in [-0.15, -0.1) is 0 Å². The Balaban J connectivity index is 2.06. The highest BCUT2D eigenvalue weighted by atomic mass is 32.2. The summed E-state index contributed by atoms with van der Waals surface area (Å²) < 4.78 is 30.8. The zero-order valence-corrected chi connectivity index (χ0v) is 19.8. The molecule has 0 aliphatic heterocycles. The van der Waals surface area contributed by atoms with Gasteiger partial charge in [0.1, 0.15) is 5.75 Å². The third-order valence-corrected chi connectivity index (χ3v) is 7.31. The van der Waals surface area contributed by atoms with Crippen molar-refractivity contribution >= 4 is 42.4 Å². The number of methoxy groups -OCH3 is 1. The van der Waals surface area contributed by atoms with E-state index in [1.165, 1.54) is 17.4 Å². The second-order valence-corrected chi connectivity index (χ2v) is 10.1. The van der Waals surface area contributed by atoms with Gasteiger partial charge in [0.05, 0.1) is 27.8 Å². The fraction of sp³-hybridized carbons (Fsp3) is 0.364. The van der Waals surface area contributed by atoms with Gasteiger partial charge in [-0.1, -0.05) is 37.3 Å². The van der Waals surface area contributed by atoms with Gasteiger partial charge in [-0.25, -0.2) is 13.4 Å². The monoisotopic (exact) mass is 461 g/mol. The quantitative estimate of drug-likeness (QED) is 0.483. The molecule has 1 aromatic heterocycles. The van der Waals surface area contributed by atoms with Gasteiger partial charge in [-0.3, -0.25) is 9.69 Å². The number of sulfone groups is 1. The van der Waals surface area contributed by atoms with E-state index in [0.29, 0.717) is 24.0 Å². The van der Waals surface area contributed by atoms with Crippen LogP contribution >= 0.6 is 11.3 Å². The van der Waals surface area contributed by atoms with Crippen molar-refractivity contribution in [2.45, 2.75) is 18.7 Å². The molecule has 0 aliphatic rings. The van der Waals surface area contributed by atoms with E-state index < -0.39 is 9.84 Å². The lowest BCUT2D eigenvalue weighted by molar-refractivity contribution is 0.0980. The predicted octanol–water partition coefficient (Wildman–Crippen LogP) is 3.70. The Morgan fingerprint density at radius 3 is 2.45 bits per heavy atom. The van der Waals surface area contributed by atoms with Crippen LogP contribution in [0.4, 0.5) is 5.13 Å². The van der Waals surface area contributed by atoms with Gasteiger partial charge >= 0.3 is 0 Å². The molecule has 1 amide bonds. The number of likely N-dealkylation sites (N-methyl/N-ethyl adjacent to an activating group) is 1. The standard InChI is InChI=1S/C22H27N3O4S2/c1-5-24(6-2)13-14-25(21(26)17-9-7-8-10-20(17)31(4,27)28)22-23-18-12-11-16(29-3)15-19(18)30-22/h7-12,15H,5-6,13-14H2,1-4H3. The highest BCUT2D eigenvalue weighted by molar-refractivity contribution is 7.90. The molecule has 0 radical (unpaired) electrons. The van der Waals surface area contributed by atoms with Crippen LogP contribution in [0.25, 0.3) is 10.2 Å². The van der Waals surface area contributed by atoms with Crippen molar-refractivity contribution in [2.24, 2.45) is 0 Å². The molecule has 0 spiro atoms. The topological polar surface area (TPSA) is 79.8 Å². The maximum Gasteiger partial charge on any atom is 0.261 e. The van der Waals surface area contributed by atoms with E-state index in [4.69, 9.17) is 4.74 Å². The number of amides is 1. The SMILES string of the molecule is CCN(CC)CCN(C(=O)c1ccccc1S(C)(=O)=O)c1nc2ccc(OC)cc2s1. The van der Waals surface area contributed by atoms with Crippen LogP contribution in [0, 0.1) is 0 Å². The minimum Gasteiger partial charge on any atom is -0.497 e. The number of carbonyl (C=O) groups is 1. The van der Waals surface area contributed by atoms with Crippen molar-refractivity contribution in [3.05, 3.63) is 48.0 Å². The highest BCUT2D eigenvalue weighted by Crippen LogP contribution is 2.32. The number of ether oxygens (including phenoxy) is 1. The van der Waals surface area contributed by atoms with E-state index in [9.17, 15) is 13.2 Å². The summed E-state index contributed by atoms with van der Waals surface area (Å²) in [6, 6.07) is 11.9. The third kappa shape index (κ3) is 5.23. The smallest absolute Gasteiger partial charge is 0.261 e. The summed E-state index contributed by atoms with van der Waals surface area (Å²) in [4.78, 5) is 22.1. The molecule has 7 nitrogen and oxygen atoms in total. The Kier molecular flexibility index (Phi) is 7.30. The van der Waals surface area contributed by atoms with Gasteiger partial charge in [-0.05, 0) is 43.4 Å². The fourth-order valence-corrected chi connectivity index (χ4v) is 5.21. The van der Waals surface area contributed by atoms with E-state index in [1.807, 2.05) is 18.2 Å². The summed E-state index contributed by atoms with van der Waals surface area (Å²) >= 11 is 1.38. The average molecular weight is 462 g/mol. The summed E-state index contributed by atoms with van der Waals surface area (Å²) in [6.45, 7) is 6.90. The molecule has 2 aromatic carbocycles. The van der Waals surface area contributed by atoms with Gasteiger partial charge < -0.3 is 9.64 Å². The summed E-state index contributed by atoms with van der Waals surface area (Å²) in [5.41, 5.74) is 0.916. The number of thiazole rings is 1. The molecule has 166 valence electrons. The number of anilines is 1. The van der Waals surface area contributed by atoms with Crippen LogP contribution in [0.1, 0.15) is 24.2 Å². The molecular weight excluding hydrogens is 434 g/mol. The minimum absolute atomic E-state index is 0.0237. The molecule has 0 aliphatic carbocycles. The lowest BCUT2D eigenvalue weighted by atomic mass is 10.2. The molecule has 0 unspecified atom stereocenters. The predicted molar refractivity (Wildman–Crippen MR) is 125 cm³/mol. The first-order valence-electron chi connectivity index (χ1n) is 10.1. The van der Waals surface area contributed by atoms with Crippen LogP contribution in [-0.4, -0.2) is 63.8 Å². The third-order valence-electron chi connectivity index (χ3n) is 5.11. The van der Waals surface area contributed by atoms with Gasteiger partial charge in [0.25, 0.3) is 5.91 Å². The Hall–Kier alpha value is -2.49. The number of benzene rings is 2. The van der Waals surface area contributed by atoms with E-state index in [2.05, 4.69) is 23.7 Å². The lowest BCUT2D eigenvalue weighted by Gasteiger charge is -2.25. The Bertz CT molecular complexity index is 1170. The van der Waals surface area contributed by atoms with E-state index in [0.717, 1.165) is 29.6 Å². The molecule has 0 saturated heterocycles. The van der Waals surface area contributed by atoms with Gasteiger partial charge in [0.2, 0.25) is 0 Å². The van der Waals surface area contributed by atoms with Crippen LogP contribution in [0.5, 0.6) is 5.75 Å². The summed E-state index contributed by atoms with van der Waals surface area (Å²) in [5, 5.41) is 0.531. The number of fused-ring (bicyclic) bond motifs is 1. The maximum atomic E-state index is 13.6. The van der Waals surface area contributed by atoms with Crippen molar-refractivity contribution in [2.75, 3.05) is 44.4 Å². The molecule has 1 heterocycles. The first kappa shape index (κ1) is 23.2. The summed E-state index contributed by atoms with van der Waals surface area (Å²) in [5.74, 6) is 0.338. The van der Waals surface area contributed by atoms with Crippen molar-refractivity contribution in [1.82, 2.24) is 9.88 Å². The lowest BCUT2D eigenvalue weighted by Crippen LogP contribution is -2.39. The van der Waals surface area contributed by atoms with Crippen LogP contribution in [0.3, 0.4) is 0 Å². The van der Waals surface area contributed by atoms with E-state index in [1.54, 1.807) is 30.2 Å². The van der Waals surface area contributed by atoms with Crippen molar-refractivity contribution in [3.63, 3.8) is 0 Å². The summed E-state index contributed by atoms with van der Waals surface area (Å²) in [7, 11) is -1.96. The molecular formula is C22H27N3O4S2. The van der Waals surface area contributed by atoms with Crippen LogP contribution < -0.4 is 9.64 Å². The number of hydrogen-bond acceptors (Lipinski definition) is 7.